The number of anilines is 1. The van der Waals surface area contributed by atoms with Crippen LogP contribution < -0.4 is 15.5 Å². The fourth-order valence-electron chi connectivity index (χ4n) is 3.35. The minimum atomic E-state index is 0. The van der Waals surface area contributed by atoms with Gasteiger partial charge in [-0.15, -0.1) is 35.3 Å². The summed E-state index contributed by atoms with van der Waals surface area (Å²) >= 11 is 1.74. The second kappa shape index (κ2) is 11.2. The van der Waals surface area contributed by atoms with Gasteiger partial charge in [0.25, 0.3) is 0 Å². The summed E-state index contributed by atoms with van der Waals surface area (Å²) in [6, 6.07) is 10.4. The van der Waals surface area contributed by atoms with Crippen molar-refractivity contribution in [3.63, 3.8) is 0 Å². The average Bonchev–Trinajstić information content (AvgIpc) is 3.12. The van der Waals surface area contributed by atoms with Crippen molar-refractivity contribution in [1.82, 2.24) is 15.6 Å². The summed E-state index contributed by atoms with van der Waals surface area (Å²) < 4.78 is 0. The third-order valence-corrected chi connectivity index (χ3v) is 5.62. The van der Waals surface area contributed by atoms with E-state index in [0.717, 1.165) is 61.1 Å². The fourth-order valence-corrected chi connectivity index (χ4v) is 4.14. The minimum absolute atomic E-state index is 0. The Bertz CT molecular complexity index is 828. The summed E-state index contributed by atoms with van der Waals surface area (Å²) in [5.41, 5.74) is 1.76. The molecule has 1 aliphatic heterocycles. The maximum atomic E-state index is 9.37. The number of guanidine groups is 1. The van der Waals surface area contributed by atoms with Crippen molar-refractivity contribution in [2.24, 2.45) is 4.99 Å². The van der Waals surface area contributed by atoms with Crippen LogP contribution in [0.5, 0.6) is 0 Å². The highest BCUT2D eigenvalue weighted by Gasteiger charge is 2.22. The van der Waals surface area contributed by atoms with Crippen molar-refractivity contribution in [2.75, 3.05) is 31.6 Å². The van der Waals surface area contributed by atoms with Gasteiger partial charge < -0.3 is 15.5 Å². The van der Waals surface area contributed by atoms with Gasteiger partial charge in [0, 0.05) is 50.2 Å². The highest BCUT2D eigenvalue weighted by Crippen LogP contribution is 2.23. The van der Waals surface area contributed by atoms with Gasteiger partial charge in [0.05, 0.1) is 16.3 Å². The first kappa shape index (κ1) is 22.4. The lowest BCUT2D eigenvalue weighted by Crippen LogP contribution is -2.51. The van der Waals surface area contributed by atoms with Gasteiger partial charge in [0.2, 0.25) is 0 Å². The Morgan fingerprint density at radius 1 is 1.43 bits per heavy atom. The second-order valence-corrected chi connectivity index (χ2v) is 7.99. The van der Waals surface area contributed by atoms with Crippen molar-refractivity contribution < 1.29 is 0 Å². The van der Waals surface area contributed by atoms with E-state index in [2.05, 4.69) is 38.5 Å². The van der Waals surface area contributed by atoms with Crippen LogP contribution in [0.4, 0.5) is 5.69 Å². The first-order chi connectivity index (χ1) is 13.2. The summed E-state index contributed by atoms with van der Waals surface area (Å²) in [6.07, 6.45) is 5.00. The van der Waals surface area contributed by atoms with Crippen LogP contribution in [0.3, 0.4) is 0 Å². The van der Waals surface area contributed by atoms with Crippen LogP contribution in [0.1, 0.15) is 28.3 Å². The standard InChI is InChI=1S/C20H26N6S.HI/c1-15-13-24-19(27-15)9-10-23-20(22-2)25-17-7-5-11-26(14-17)18-8-4-3-6-16(18)12-21;/h3-4,6,8,13,17H,5,7,9-11,14H2,1-2H3,(H2,22,23,25);1H. The third-order valence-electron chi connectivity index (χ3n) is 4.65. The molecular formula is C20H27IN6S. The average molecular weight is 510 g/mol. The van der Waals surface area contributed by atoms with Crippen molar-refractivity contribution in [3.05, 3.63) is 45.9 Å². The van der Waals surface area contributed by atoms with Crippen LogP contribution in [0, 0.1) is 18.3 Å². The summed E-state index contributed by atoms with van der Waals surface area (Å²) in [5.74, 6) is 0.823. The molecule has 0 radical (unpaired) electrons. The molecule has 0 spiro atoms. The number of hydrogen-bond acceptors (Lipinski definition) is 5. The number of benzene rings is 1. The molecule has 2 aromatic rings. The van der Waals surface area contributed by atoms with Gasteiger partial charge in [-0.25, -0.2) is 4.98 Å². The van der Waals surface area contributed by atoms with E-state index in [9.17, 15) is 5.26 Å². The monoisotopic (exact) mass is 510 g/mol. The largest absolute Gasteiger partial charge is 0.368 e. The first-order valence-corrected chi connectivity index (χ1v) is 10.1. The molecule has 6 nitrogen and oxygen atoms in total. The molecule has 28 heavy (non-hydrogen) atoms. The van der Waals surface area contributed by atoms with E-state index in [1.165, 1.54) is 4.88 Å². The molecule has 1 atom stereocenters. The first-order valence-electron chi connectivity index (χ1n) is 9.32. The number of halogens is 1. The normalized spacial score (nSPS) is 16.8. The van der Waals surface area contributed by atoms with E-state index in [1.807, 2.05) is 30.5 Å². The quantitative estimate of drug-likeness (QED) is 0.367. The highest BCUT2D eigenvalue weighted by molar-refractivity contribution is 14.0. The van der Waals surface area contributed by atoms with E-state index in [4.69, 9.17) is 0 Å². The number of hydrogen-bond donors (Lipinski definition) is 2. The molecule has 1 fully saturated rings. The van der Waals surface area contributed by atoms with Gasteiger partial charge >= 0.3 is 0 Å². The Morgan fingerprint density at radius 2 is 2.25 bits per heavy atom. The van der Waals surface area contributed by atoms with E-state index >= 15 is 0 Å². The molecule has 1 unspecified atom stereocenters. The van der Waals surface area contributed by atoms with Crippen LogP contribution in [0.2, 0.25) is 0 Å². The molecule has 0 bridgehead atoms. The van der Waals surface area contributed by atoms with E-state index in [-0.39, 0.29) is 24.0 Å². The number of rotatable bonds is 5. The van der Waals surface area contributed by atoms with E-state index < -0.39 is 0 Å². The third kappa shape index (κ3) is 6.07. The number of nitriles is 1. The Kier molecular flexibility index (Phi) is 8.99. The minimum Gasteiger partial charge on any atom is -0.368 e. The molecule has 0 amide bonds. The summed E-state index contributed by atoms with van der Waals surface area (Å²) in [7, 11) is 1.80. The smallest absolute Gasteiger partial charge is 0.191 e. The van der Waals surface area contributed by atoms with Crippen LogP contribution in [0.15, 0.2) is 35.5 Å². The molecule has 2 N–H and O–H groups in total. The van der Waals surface area contributed by atoms with Crippen LogP contribution in [0.25, 0.3) is 0 Å². The molecule has 0 aliphatic carbocycles. The number of para-hydroxylation sites is 1. The molecule has 1 aromatic carbocycles. The predicted molar refractivity (Wildman–Crippen MR) is 127 cm³/mol. The SMILES string of the molecule is CN=C(NCCc1ncc(C)s1)NC1CCCN(c2ccccc2C#N)C1.I. The Labute approximate surface area is 188 Å². The Morgan fingerprint density at radius 3 is 2.96 bits per heavy atom. The van der Waals surface area contributed by atoms with Crippen molar-refractivity contribution in [3.8, 4) is 6.07 Å². The maximum Gasteiger partial charge on any atom is 0.191 e. The van der Waals surface area contributed by atoms with Crippen molar-refractivity contribution in [2.45, 2.75) is 32.2 Å². The molecule has 150 valence electrons. The summed E-state index contributed by atoms with van der Waals surface area (Å²) in [4.78, 5) is 12.3. The Balaban J connectivity index is 0.00000280. The number of thiazole rings is 1. The number of piperidine rings is 1. The molecule has 3 rings (SSSR count). The molecule has 0 saturated carbocycles. The lowest BCUT2D eigenvalue weighted by molar-refractivity contribution is 0.468. The van der Waals surface area contributed by atoms with Gasteiger partial charge in [-0.2, -0.15) is 5.26 Å². The lowest BCUT2D eigenvalue weighted by Gasteiger charge is -2.35. The fraction of sp³-hybridized carbons (Fsp3) is 0.450. The number of aromatic nitrogens is 1. The van der Waals surface area contributed by atoms with Crippen molar-refractivity contribution >= 4 is 47.0 Å². The van der Waals surface area contributed by atoms with E-state index in [0.29, 0.717) is 6.04 Å². The van der Waals surface area contributed by atoms with Gasteiger partial charge in [-0.05, 0) is 31.9 Å². The maximum absolute atomic E-state index is 9.37. The summed E-state index contributed by atoms with van der Waals surface area (Å²) in [6.45, 7) is 4.73. The van der Waals surface area contributed by atoms with Gasteiger partial charge in [-0.1, -0.05) is 12.1 Å². The van der Waals surface area contributed by atoms with Gasteiger partial charge in [0.1, 0.15) is 6.07 Å². The Hall–Kier alpha value is -1.86. The topological polar surface area (TPSA) is 76.3 Å². The van der Waals surface area contributed by atoms with Gasteiger partial charge in [-0.3, -0.25) is 4.99 Å². The van der Waals surface area contributed by atoms with Gasteiger partial charge in [0.15, 0.2) is 5.96 Å². The van der Waals surface area contributed by atoms with Crippen LogP contribution >= 0.6 is 35.3 Å². The number of nitrogens with one attached hydrogen (secondary N) is 2. The molecule has 1 aromatic heterocycles. The van der Waals surface area contributed by atoms with Crippen LogP contribution in [-0.4, -0.2) is 43.7 Å². The zero-order chi connectivity index (χ0) is 19.1. The lowest BCUT2D eigenvalue weighted by atomic mass is 10.0. The zero-order valence-corrected chi connectivity index (χ0v) is 19.5. The molecular weight excluding hydrogens is 483 g/mol. The molecule has 2 heterocycles. The van der Waals surface area contributed by atoms with Crippen LogP contribution in [-0.2, 0) is 6.42 Å². The zero-order valence-electron chi connectivity index (χ0n) is 16.3. The number of aliphatic imine (C=N–C) groups is 1. The molecule has 1 saturated heterocycles. The summed E-state index contributed by atoms with van der Waals surface area (Å²) in [5, 5.41) is 17.4. The highest BCUT2D eigenvalue weighted by atomic mass is 127. The van der Waals surface area contributed by atoms with Crippen molar-refractivity contribution in [1.29, 1.82) is 5.26 Å². The molecule has 8 heteroatoms. The second-order valence-electron chi connectivity index (χ2n) is 6.67. The molecule has 1 aliphatic rings. The van der Waals surface area contributed by atoms with E-state index in [1.54, 1.807) is 18.4 Å². The predicted octanol–water partition coefficient (Wildman–Crippen LogP) is 3.32. The number of aryl methyl sites for hydroxylation is 1. The number of nitrogens with zero attached hydrogens (tertiary/aromatic N) is 4.